The second-order valence-electron chi connectivity index (χ2n) is 6.11. The van der Waals surface area contributed by atoms with Crippen LogP contribution in [0.25, 0.3) is 0 Å². The Kier molecular flexibility index (Phi) is 6.25. The molecule has 7 heteroatoms. The van der Waals surface area contributed by atoms with Crippen molar-refractivity contribution in [1.29, 1.82) is 0 Å². The summed E-state index contributed by atoms with van der Waals surface area (Å²) in [5.41, 5.74) is 1.84. The fraction of sp³-hybridized carbons (Fsp3) is 0.643. The van der Waals surface area contributed by atoms with Crippen LogP contribution in [-0.2, 0) is 11.4 Å². The van der Waals surface area contributed by atoms with Gasteiger partial charge in [-0.3, -0.25) is 4.98 Å². The molecule has 2 unspecified atom stereocenters. The molecule has 0 bridgehead atoms. The van der Waals surface area contributed by atoms with Gasteiger partial charge in [-0.1, -0.05) is 0 Å². The molecular formula is C14H25BN2O3S. The molecular weight excluding hydrogens is 287 g/mol. The zero-order valence-corrected chi connectivity index (χ0v) is 14.4. The zero-order chi connectivity index (χ0) is 16.4. The maximum atomic E-state index is 12.6. The Labute approximate surface area is 130 Å². The molecule has 1 aromatic rings. The van der Waals surface area contributed by atoms with Crippen molar-refractivity contribution in [2.24, 2.45) is 0 Å². The number of hydrogen-bond acceptors (Lipinski definition) is 5. The molecule has 0 fully saturated rings. The third-order valence-electron chi connectivity index (χ3n) is 3.35. The van der Waals surface area contributed by atoms with Gasteiger partial charge in [-0.05, 0) is 58.6 Å². The van der Waals surface area contributed by atoms with Crippen LogP contribution in [0, 0.1) is 6.92 Å². The lowest BCUT2D eigenvalue weighted by Crippen LogP contribution is -2.44. The molecule has 0 radical (unpaired) electrons. The number of aryl methyl sites for hydroxylation is 1. The minimum absolute atomic E-state index is 0.173. The molecule has 2 N–H and O–H groups in total. The van der Waals surface area contributed by atoms with Crippen LogP contribution in [0.2, 0.25) is 0 Å². The quantitative estimate of drug-likeness (QED) is 0.624. The second-order valence-corrected chi connectivity index (χ2v) is 8.30. The third kappa shape index (κ3) is 4.44. The zero-order valence-electron chi connectivity index (χ0n) is 13.6. The number of rotatable bonds is 5. The van der Waals surface area contributed by atoms with E-state index >= 15 is 0 Å². The van der Waals surface area contributed by atoms with Gasteiger partial charge in [0, 0.05) is 24.1 Å². The summed E-state index contributed by atoms with van der Waals surface area (Å²) in [6.07, 6.45) is 1.62. The van der Waals surface area contributed by atoms with E-state index in [4.69, 9.17) is 0 Å². The Morgan fingerprint density at radius 3 is 2.43 bits per heavy atom. The number of nitrogens with zero attached hydrogens (tertiary/aromatic N) is 2. The maximum Gasteiger partial charge on any atom is 0.488 e. The van der Waals surface area contributed by atoms with Gasteiger partial charge in [0.1, 0.15) is 4.75 Å². The van der Waals surface area contributed by atoms with E-state index in [9.17, 15) is 14.6 Å². The van der Waals surface area contributed by atoms with Crippen molar-refractivity contribution in [3.63, 3.8) is 0 Å². The molecule has 21 heavy (non-hydrogen) atoms. The lowest BCUT2D eigenvalue weighted by Gasteiger charge is -2.35. The van der Waals surface area contributed by atoms with Crippen molar-refractivity contribution < 1.29 is 14.6 Å². The number of pyridine rings is 1. The number of aromatic nitrogens is 1. The van der Waals surface area contributed by atoms with E-state index in [1.54, 1.807) is 19.2 Å². The highest BCUT2D eigenvalue weighted by molar-refractivity contribution is 7.90. The molecule has 118 valence electrons. The summed E-state index contributed by atoms with van der Waals surface area (Å²) in [6.45, 7) is 12.1. The SMILES string of the molecule is CCN(C(C)c1cc(B(O)O)c(C)cn1)[S+]([O-])C(C)(C)C. The van der Waals surface area contributed by atoms with Gasteiger partial charge in [0.05, 0.1) is 11.7 Å². The standard InChI is InChI=1S/C14H25BN2O3S/c1-7-17(21(20)14(4,5)6)11(3)13-8-12(15(18)19)10(2)9-16-13/h8-9,11,18-19H,7H2,1-6H3. The van der Waals surface area contributed by atoms with Crippen LogP contribution in [0.15, 0.2) is 12.3 Å². The summed E-state index contributed by atoms with van der Waals surface area (Å²) in [5, 5.41) is 18.8. The largest absolute Gasteiger partial charge is 0.597 e. The molecule has 1 rings (SSSR count). The van der Waals surface area contributed by atoms with Crippen molar-refractivity contribution in [1.82, 2.24) is 9.29 Å². The summed E-state index contributed by atoms with van der Waals surface area (Å²) < 4.78 is 14.1. The molecule has 0 saturated carbocycles. The molecule has 1 aromatic heterocycles. The maximum absolute atomic E-state index is 12.6. The van der Waals surface area contributed by atoms with E-state index in [0.717, 1.165) is 5.56 Å². The van der Waals surface area contributed by atoms with E-state index in [-0.39, 0.29) is 10.8 Å². The van der Waals surface area contributed by atoms with Crippen LogP contribution in [0.1, 0.15) is 51.9 Å². The first-order valence-corrected chi connectivity index (χ1v) is 8.21. The highest BCUT2D eigenvalue weighted by Gasteiger charge is 2.36. The average molecular weight is 312 g/mol. The fourth-order valence-corrected chi connectivity index (χ4v) is 3.43. The molecule has 0 aliphatic carbocycles. The molecule has 0 aliphatic rings. The van der Waals surface area contributed by atoms with Crippen molar-refractivity contribution in [3.8, 4) is 0 Å². The van der Waals surface area contributed by atoms with Gasteiger partial charge >= 0.3 is 7.12 Å². The van der Waals surface area contributed by atoms with Crippen LogP contribution in [-0.4, -0.2) is 42.3 Å². The first kappa shape index (κ1) is 18.5. The first-order valence-electron chi connectivity index (χ1n) is 7.10. The smallest absolute Gasteiger partial charge is 0.488 e. The van der Waals surface area contributed by atoms with Gasteiger partial charge in [0.15, 0.2) is 0 Å². The second kappa shape index (κ2) is 7.11. The van der Waals surface area contributed by atoms with Crippen LogP contribution in [0.5, 0.6) is 0 Å². The van der Waals surface area contributed by atoms with Crippen LogP contribution in [0.4, 0.5) is 0 Å². The summed E-state index contributed by atoms with van der Waals surface area (Å²) in [6, 6.07) is 1.50. The molecule has 2 atom stereocenters. The Morgan fingerprint density at radius 1 is 1.43 bits per heavy atom. The molecule has 0 aromatic carbocycles. The molecule has 0 saturated heterocycles. The number of hydrogen-bond donors (Lipinski definition) is 2. The lowest BCUT2D eigenvalue weighted by molar-refractivity contribution is 0.339. The van der Waals surface area contributed by atoms with E-state index in [1.807, 2.05) is 38.9 Å². The Balaban J connectivity index is 3.11. The Bertz CT molecular complexity index is 480. The predicted octanol–water partition coefficient (Wildman–Crippen LogP) is 0.915. The van der Waals surface area contributed by atoms with Crippen molar-refractivity contribution in [2.75, 3.05) is 6.54 Å². The molecule has 5 nitrogen and oxygen atoms in total. The van der Waals surface area contributed by atoms with Gasteiger partial charge < -0.3 is 14.6 Å². The van der Waals surface area contributed by atoms with E-state index in [1.165, 1.54) is 0 Å². The van der Waals surface area contributed by atoms with E-state index in [0.29, 0.717) is 17.7 Å². The molecule has 0 amide bonds. The van der Waals surface area contributed by atoms with Crippen LogP contribution in [0.3, 0.4) is 0 Å². The third-order valence-corrected chi connectivity index (χ3v) is 5.40. The minimum atomic E-state index is -1.53. The van der Waals surface area contributed by atoms with Gasteiger partial charge in [-0.15, -0.1) is 4.31 Å². The first-order chi connectivity index (χ1) is 9.59. The topological polar surface area (TPSA) is 79.7 Å². The van der Waals surface area contributed by atoms with Crippen molar-refractivity contribution >= 4 is 23.9 Å². The minimum Gasteiger partial charge on any atom is -0.597 e. The van der Waals surface area contributed by atoms with Gasteiger partial charge in [-0.2, -0.15) is 0 Å². The highest BCUT2D eigenvalue weighted by Crippen LogP contribution is 2.28. The van der Waals surface area contributed by atoms with Crippen LogP contribution >= 0.6 is 0 Å². The van der Waals surface area contributed by atoms with Crippen molar-refractivity contribution in [2.45, 2.75) is 52.3 Å². The highest BCUT2D eigenvalue weighted by atomic mass is 32.2. The average Bonchev–Trinajstić information content (AvgIpc) is 2.38. The molecule has 0 aliphatic heterocycles. The van der Waals surface area contributed by atoms with Gasteiger partial charge in [0.2, 0.25) is 0 Å². The van der Waals surface area contributed by atoms with Gasteiger partial charge in [0.25, 0.3) is 0 Å². The fourth-order valence-electron chi connectivity index (χ4n) is 2.10. The Hall–Kier alpha value is -0.595. The summed E-state index contributed by atoms with van der Waals surface area (Å²) >= 11 is -1.16. The normalized spacial score (nSPS) is 15.1. The van der Waals surface area contributed by atoms with E-state index < -0.39 is 18.5 Å². The Morgan fingerprint density at radius 2 is 2.00 bits per heavy atom. The summed E-state index contributed by atoms with van der Waals surface area (Å²) in [5.74, 6) is 0. The summed E-state index contributed by atoms with van der Waals surface area (Å²) in [7, 11) is -1.53. The van der Waals surface area contributed by atoms with E-state index in [2.05, 4.69) is 4.98 Å². The van der Waals surface area contributed by atoms with Gasteiger partial charge in [-0.25, -0.2) is 0 Å². The monoisotopic (exact) mass is 312 g/mol. The predicted molar refractivity (Wildman–Crippen MR) is 87.5 cm³/mol. The summed E-state index contributed by atoms with van der Waals surface area (Å²) in [4.78, 5) is 4.36. The molecule has 0 spiro atoms. The lowest BCUT2D eigenvalue weighted by atomic mass is 9.77. The molecule has 1 heterocycles. The van der Waals surface area contributed by atoms with Crippen LogP contribution < -0.4 is 5.46 Å². The van der Waals surface area contributed by atoms with Crippen molar-refractivity contribution in [3.05, 3.63) is 23.5 Å².